The summed E-state index contributed by atoms with van der Waals surface area (Å²) in [6.45, 7) is 1.08. The van der Waals surface area contributed by atoms with Gasteiger partial charge in [0.1, 0.15) is 35.4 Å². The number of aromatic nitrogens is 2. The summed E-state index contributed by atoms with van der Waals surface area (Å²) in [6, 6.07) is 14.7. The van der Waals surface area contributed by atoms with E-state index in [2.05, 4.69) is 20.6 Å². The minimum absolute atomic E-state index is 0.442. The number of anilines is 3. The highest BCUT2D eigenvalue weighted by atomic mass is 16.5. The number of ether oxygens (including phenoxy) is 4. The smallest absolute Gasteiger partial charge is 0.229 e. The molecule has 0 amide bonds. The molecule has 0 atom stereocenters. The fourth-order valence-electron chi connectivity index (χ4n) is 2.57. The van der Waals surface area contributed by atoms with Crippen LogP contribution < -0.4 is 29.6 Å². The molecule has 0 saturated carbocycles. The van der Waals surface area contributed by atoms with Crippen molar-refractivity contribution in [3.05, 3.63) is 54.7 Å². The zero-order chi connectivity index (χ0) is 20.5. The second-order valence-corrected chi connectivity index (χ2v) is 5.91. The predicted octanol–water partition coefficient (Wildman–Crippen LogP) is 3.74. The van der Waals surface area contributed by atoms with Crippen molar-refractivity contribution in [1.29, 1.82) is 0 Å². The molecule has 0 aliphatic carbocycles. The molecule has 2 aromatic carbocycles. The molecule has 0 spiro atoms. The Labute approximate surface area is 169 Å². The second kappa shape index (κ2) is 10.0. The molecule has 1 aromatic heterocycles. The van der Waals surface area contributed by atoms with Crippen LogP contribution in [0.4, 0.5) is 17.5 Å². The van der Waals surface area contributed by atoms with Crippen molar-refractivity contribution in [3.63, 3.8) is 0 Å². The lowest BCUT2D eigenvalue weighted by molar-refractivity contribution is 0.331. The Morgan fingerprint density at radius 2 is 1.55 bits per heavy atom. The quantitative estimate of drug-likeness (QED) is 0.501. The molecule has 8 nitrogen and oxygen atoms in total. The zero-order valence-electron chi connectivity index (χ0n) is 16.6. The lowest BCUT2D eigenvalue weighted by Crippen LogP contribution is -2.13. The van der Waals surface area contributed by atoms with Gasteiger partial charge in [0.2, 0.25) is 5.95 Å². The lowest BCUT2D eigenvalue weighted by Gasteiger charge is -2.12. The monoisotopic (exact) mass is 396 g/mol. The number of hydrogen-bond acceptors (Lipinski definition) is 8. The summed E-state index contributed by atoms with van der Waals surface area (Å²) in [5.41, 5.74) is 0.715. The van der Waals surface area contributed by atoms with E-state index in [1.54, 1.807) is 33.6 Å². The van der Waals surface area contributed by atoms with E-state index in [9.17, 15) is 0 Å². The fraction of sp³-hybridized carbons (Fsp3) is 0.238. The highest BCUT2D eigenvalue weighted by Gasteiger charge is 2.07. The highest BCUT2D eigenvalue weighted by Crippen LogP contribution is 2.30. The Morgan fingerprint density at radius 1 is 0.828 bits per heavy atom. The predicted molar refractivity (Wildman–Crippen MR) is 112 cm³/mol. The summed E-state index contributed by atoms with van der Waals surface area (Å²) in [7, 11) is 4.85. The fourth-order valence-corrected chi connectivity index (χ4v) is 2.57. The van der Waals surface area contributed by atoms with Gasteiger partial charge in [-0.3, -0.25) is 0 Å². The van der Waals surface area contributed by atoms with Crippen LogP contribution in [0.25, 0.3) is 0 Å². The maximum atomic E-state index is 5.70. The summed E-state index contributed by atoms with van der Waals surface area (Å²) in [4.78, 5) is 8.72. The number of nitrogens with one attached hydrogen (secondary N) is 2. The van der Waals surface area contributed by atoms with Crippen LogP contribution in [0, 0.1) is 0 Å². The van der Waals surface area contributed by atoms with Gasteiger partial charge in [-0.15, -0.1) is 0 Å². The number of methoxy groups -OCH3 is 3. The molecular formula is C21H24N4O4. The van der Waals surface area contributed by atoms with Gasteiger partial charge in [0.05, 0.1) is 33.6 Å². The van der Waals surface area contributed by atoms with Gasteiger partial charge >= 0.3 is 0 Å². The number of benzene rings is 2. The van der Waals surface area contributed by atoms with Gasteiger partial charge in [-0.25, -0.2) is 4.98 Å². The van der Waals surface area contributed by atoms with E-state index in [4.69, 9.17) is 18.9 Å². The van der Waals surface area contributed by atoms with Crippen molar-refractivity contribution in [3.8, 4) is 23.0 Å². The van der Waals surface area contributed by atoms with E-state index in [1.165, 1.54) is 0 Å². The van der Waals surface area contributed by atoms with Crippen molar-refractivity contribution in [2.24, 2.45) is 0 Å². The molecular weight excluding hydrogens is 372 g/mol. The van der Waals surface area contributed by atoms with Crippen LogP contribution in [-0.2, 0) is 0 Å². The van der Waals surface area contributed by atoms with Crippen LogP contribution in [-0.4, -0.2) is 44.4 Å². The number of hydrogen-bond donors (Lipinski definition) is 2. The Hall–Kier alpha value is -3.68. The lowest BCUT2D eigenvalue weighted by atomic mass is 10.2. The summed E-state index contributed by atoms with van der Waals surface area (Å²) in [5, 5.41) is 6.37. The Morgan fingerprint density at radius 3 is 2.28 bits per heavy atom. The SMILES string of the molecule is COc1ccc(OCCNc2ccnc(Nc3cc(OC)ccc3OC)n2)cc1. The van der Waals surface area contributed by atoms with Crippen molar-refractivity contribution in [1.82, 2.24) is 9.97 Å². The van der Waals surface area contributed by atoms with Gasteiger partial charge in [-0.1, -0.05) is 0 Å². The van der Waals surface area contributed by atoms with E-state index in [0.717, 1.165) is 11.5 Å². The maximum Gasteiger partial charge on any atom is 0.229 e. The first-order chi connectivity index (χ1) is 14.2. The third kappa shape index (κ3) is 5.65. The number of nitrogens with zero attached hydrogens (tertiary/aromatic N) is 2. The summed E-state index contributed by atoms with van der Waals surface area (Å²) >= 11 is 0. The normalized spacial score (nSPS) is 10.2. The summed E-state index contributed by atoms with van der Waals surface area (Å²) < 4.78 is 21.5. The first-order valence-corrected chi connectivity index (χ1v) is 9.04. The minimum atomic E-state index is 0.442. The van der Waals surface area contributed by atoms with E-state index < -0.39 is 0 Å². The molecule has 0 aliphatic rings. The third-order valence-corrected chi connectivity index (χ3v) is 4.05. The molecule has 1 heterocycles. The summed E-state index contributed by atoms with van der Waals surface area (Å²) in [5.74, 6) is 4.08. The summed E-state index contributed by atoms with van der Waals surface area (Å²) in [6.07, 6.45) is 1.68. The zero-order valence-corrected chi connectivity index (χ0v) is 16.6. The molecule has 0 fully saturated rings. The molecule has 0 aliphatic heterocycles. The average Bonchev–Trinajstić information content (AvgIpc) is 2.77. The van der Waals surface area contributed by atoms with Crippen LogP contribution in [0.15, 0.2) is 54.7 Å². The Kier molecular flexibility index (Phi) is 6.94. The highest BCUT2D eigenvalue weighted by molar-refractivity contribution is 5.65. The van der Waals surface area contributed by atoms with Gasteiger partial charge in [-0.05, 0) is 42.5 Å². The average molecular weight is 396 g/mol. The van der Waals surface area contributed by atoms with Crippen molar-refractivity contribution in [2.45, 2.75) is 0 Å². The van der Waals surface area contributed by atoms with E-state index in [0.29, 0.717) is 42.1 Å². The van der Waals surface area contributed by atoms with Crippen molar-refractivity contribution in [2.75, 3.05) is 45.1 Å². The first-order valence-electron chi connectivity index (χ1n) is 9.04. The largest absolute Gasteiger partial charge is 0.497 e. The van der Waals surface area contributed by atoms with Crippen molar-refractivity contribution >= 4 is 17.5 Å². The van der Waals surface area contributed by atoms with Gasteiger partial charge < -0.3 is 29.6 Å². The molecule has 0 radical (unpaired) electrons. The van der Waals surface area contributed by atoms with E-state index in [1.807, 2.05) is 42.5 Å². The van der Waals surface area contributed by atoms with Crippen LogP contribution in [0.2, 0.25) is 0 Å². The van der Waals surface area contributed by atoms with Crippen LogP contribution >= 0.6 is 0 Å². The Bertz CT molecular complexity index is 919. The molecule has 3 rings (SSSR count). The maximum absolute atomic E-state index is 5.70. The third-order valence-electron chi connectivity index (χ3n) is 4.05. The van der Waals surface area contributed by atoms with Crippen molar-refractivity contribution < 1.29 is 18.9 Å². The topological polar surface area (TPSA) is 86.8 Å². The molecule has 0 bridgehead atoms. The van der Waals surface area contributed by atoms with Gasteiger partial charge in [0.25, 0.3) is 0 Å². The van der Waals surface area contributed by atoms with Gasteiger partial charge in [0, 0.05) is 12.3 Å². The molecule has 29 heavy (non-hydrogen) atoms. The van der Waals surface area contributed by atoms with Gasteiger partial charge in [0.15, 0.2) is 0 Å². The molecule has 0 saturated heterocycles. The molecule has 0 unspecified atom stereocenters. The van der Waals surface area contributed by atoms with E-state index >= 15 is 0 Å². The number of rotatable bonds is 10. The van der Waals surface area contributed by atoms with Crippen LogP contribution in [0.1, 0.15) is 0 Å². The molecule has 2 N–H and O–H groups in total. The molecule has 152 valence electrons. The van der Waals surface area contributed by atoms with Crippen LogP contribution in [0.5, 0.6) is 23.0 Å². The minimum Gasteiger partial charge on any atom is -0.497 e. The molecule has 8 heteroatoms. The standard InChI is InChI=1S/C21H24N4O4/c1-26-15-4-6-16(7-5-15)29-13-12-22-20-10-11-23-21(25-20)24-18-14-17(27-2)8-9-19(18)28-3/h4-11,14H,12-13H2,1-3H3,(H2,22,23,24,25). The van der Waals surface area contributed by atoms with E-state index in [-0.39, 0.29) is 0 Å². The van der Waals surface area contributed by atoms with Crippen LogP contribution in [0.3, 0.4) is 0 Å². The molecule has 3 aromatic rings. The van der Waals surface area contributed by atoms with Gasteiger partial charge in [-0.2, -0.15) is 4.98 Å². The Balaban J connectivity index is 1.55. The second-order valence-electron chi connectivity index (χ2n) is 5.91. The first kappa shape index (κ1) is 20.1.